The lowest BCUT2D eigenvalue weighted by atomic mass is 9.95. The molecule has 0 spiro atoms. The van der Waals surface area contributed by atoms with Gasteiger partial charge in [0.25, 0.3) is 0 Å². The van der Waals surface area contributed by atoms with Crippen LogP contribution in [0, 0.1) is 11.7 Å². The topological polar surface area (TPSA) is 98.1 Å². The Bertz CT molecular complexity index is 967. The average molecular weight is 453 g/mol. The molecule has 0 saturated carbocycles. The molecule has 9 heteroatoms. The molecule has 0 aromatic heterocycles. The predicted molar refractivity (Wildman–Crippen MR) is 115 cm³/mol. The molecule has 0 saturated heterocycles. The summed E-state index contributed by atoms with van der Waals surface area (Å²) >= 11 is 0. The van der Waals surface area contributed by atoms with Gasteiger partial charge in [0.15, 0.2) is 0 Å². The molecular weight excluding hydrogens is 423 g/mol. The number of hydrogen-bond acceptors (Lipinski definition) is 4. The van der Waals surface area contributed by atoms with E-state index in [1.807, 2.05) is 13.8 Å². The number of benzene rings is 2. The van der Waals surface area contributed by atoms with E-state index in [9.17, 15) is 27.9 Å². The number of amides is 1. The number of sulfonamides is 1. The first-order valence-corrected chi connectivity index (χ1v) is 11.5. The van der Waals surface area contributed by atoms with E-state index < -0.39 is 27.6 Å². The molecule has 1 amide bonds. The van der Waals surface area contributed by atoms with Gasteiger partial charge in [-0.2, -0.15) is 9.37 Å². The van der Waals surface area contributed by atoms with E-state index in [1.54, 1.807) is 37.3 Å². The fourth-order valence-electron chi connectivity index (χ4n) is 3.48. The predicted octanol–water partition coefficient (Wildman–Crippen LogP) is 4.58. The van der Waals surface area contributed by atoms with Crippen molar-refractivity contribution in [2.24, 2.45) is 5.92 Å². The highest BCUT2D eigenvalue weighted by Gasteiger charge is 2.49. The number of carboxylic acid groups (broad SMARTS) is 1. The number of nitrogens with zero attached hydrogens (tertiary/aromatic N) is 2. The molecule has 2 N–H and O–H groups in total. The van der Waals surface area contributed by atoms with Crippen LogP contribution in [0.2, 0.25) is 0 Å². The molecule has 1 unspecified atom stereocenters. The Balaban J connectivity index is 2.70. The molecule has 0 aliphatic rings. The SMILES string of the molecule is CCC(Cc1ccccc1)(N(O)C(=O)O)N(CCC(C)C)S(=O)(=O)c1ccc(F)cc1. The van der Waals surface area contributed by atoms with Crippen molar-refractivity contribution in [3.63, 3.8) is 0 Å². The van der Waals surface area contributed by atoms with Gasteiger partial charge in [-0.1, -0.05) is 51.1 Å². The van der Waals surface area contributed by atoms with Crippen LogP contribution >= 0.6 is 0 Å². The van der Waals surface area contributed by atoms with Crippen molar-refractivity contribution in [2.45, 2.75) is 50.6 Å². The molecule has 2 rings (SSSR count). The zero-order chi connectivity index (χ0) is 23.2. The van der Waals surface area contributed by atoms with Crippen LogP contribution in [-0.2, 0) is 16.4 Å². The molecule has 0 heterocycles. The molecule has 0 aliphatic heterocycles. The minimum atomic E-state index is -4.28. The second-order valence-corrected chi connectivity index (χ2v) is 9.67. The van der Waals surface area contributed by atoms with Gasteiger partial charge in [-0.25, -0.2) is 17.6 Å². The van der Waals surface area contributed by atoms with Gasteiger partial charge in [-0.15, -0.1) is 0 Å². The summed E-state index contributed by atoms with van der Waals surface area (Å²) in [5.41, 5.74) is -1.14. The third-order valence-corrected chi connectivity index (χ3v) is 7.22. The lowest BCUT2D eigenvalue weighted by Crippen LogP contribution is -2.64. The fraction of sp³-hybridized carbons (Fsp3) is 0.409. The summed E-state index contributed by atoms with van der Waals surface area (Å²) in [6.07, 6.45) is -1.30. The van der Waals surface area contributed by atoms with Crippen molar-refractivity contribution < 1.29 is 27.9 Å². The molecule has 0 bridgehead atoms. The van der Waals surface area contributed by atoms with Crippen molar-refractivity contribution in [3.05, 3.63) is 66.0 Å². The Hall–Kier alpha value is -2.49. The van der Waals surface area contributed by atoms with Crippen LogP contribution in [-0.4, -0.2) is 46.4 Å². The number of hydrogen-bond donors (Lipinski definition) is 2. The second-order valence-electron chi connectivity index (χ2n) is 7.81. The van der Waals surface area contributed by atoms with Crippen molar-refractivity contribution in [3.8, 4) is 0 Å². The van der Waals surface area contributed by atoms with Crippen molar-refractivity contribution in [1.29, 1.82) is 0 Å². The van der Waals surface area contributed by atoms with E-state index in [2.05, 4.69) is 0 Å². The van der Waals surface area contributed by atoms with Gasteiger partial charge in [0.2, 0.25) is 10.0 Å². The lowest BCUT2D eigenvalue weighted by Gasteiger charge is -2.45. The van der Waals surface area contributed by atoms with Crippen LogP contribution in [0.4, 0.5) is 9.18 Å². The maximum absolute atomic E-state index is 13.7. The normalized spacial score (nSPS) is 13.9. The Morgan fingerprint density at radius 2 is 1.68 bits per heavy atom. The van der Waals surface area contributed by atoms with Crippen molar-refractivity contribution in [2.75, 3.05) is 6.54 Å². The summed E-state index contributed by atoms with van der Waals surface area (Å²) in [6, 6.07) is 13.1. The van der Waals surface area contributed by atoms with Crippen LogP contribution in [0.25, 0.3) is 0 Å². The number of carbonyl (C=O) groups is 1. The first-order valence-electron chi connectivity index (χ1n) is 10.1. The van der Waals surface area contributed by atoms with Gasteiger partial charge in [-0.05, 0) is 48.6 Å². The number of rotatable bonds is 10. The molecule has 170 valence electrons. The highest BCUT2D eigenvalue weighted by Crippen LogP contribution is 2.34. The minimum absolute atomic E-state index is 0.0107. The van der Waals surface area contributed by atoms with Crippen molar-refractivity contribution in [1.82, 2.24) is 9.37 Å². The van der Waals surface area contributed by atoms with Crippen LogP contribution in [0.1, 0.15) is 39.2 Å². The largest absolute Gasteiger partial charge is 0.463 e. The highest BCUT2D eigenvalue weighted by molar-refractivity contribution is 7.89. The molecule has 0 aliphatic carbocycles. The monoisotopic (exact) mass is 452 g/mol. The fourth-order valence-corrected chi connectivity index (χ4v) is 5.28. The average Bonchev–Trinajstić information content (AvgIpc) is 2.73. The first-order chi connectivity index (χ1) is 14.5. The summed E-state index contributed by atoms with van der Waals surface area (Å²) < 4.78 is 41.8. The summed E-state index contributed by atoms with van der Waals surface area (Å²) in [5.74, 6) is -0.470. The van der Waals surface area contributed by atoms with Crippen LogP contribution in [0.5, 0.6) is 0 Å². The van der Waals surface area contributed by atoms with Crippen LogP contribution in [0.3, 0.4) is 0 Å². The summed E-state index contributed by atoms with van der Waals surface area (Å²) in [6.45, 7) is 5.43. The summed E-state index contributed by atoms with van der Waals surface area (Å²) in [5, 5.41) is 20.4. The van der Waals surface area contributed by atoms with Crippen LogP contribution < -0.4 is 0 Å². The Morgan fingerprint density at radius 1 is 1.10 bits per heavy atom. The van der Waals surface area contributed by atoms with E-state index in [0.29, 0.717) is 12.0 Å². The van der Waals surface area contributed by atoms with E-state index in [1.165, 1.54) is 0 Å². The highest BCUT2D eigenvalue weighted by atomic mass is 32.2. The van der Waals surface area contributed by atoms with Gasteiger partial charge in [0.1, 0.15) is 11.5 Å². The van der Waals surface area contributed by atoms with Gasteiger partial charge in [0, 0.05) is 13.0 Å². The molecule has 2 aromatic carbocycles. The van der Waals surface area contributed by atoms with Gasteiger partial charge in [-0.3, -0.25) is 5.21 Å². The third-order valence-electron chi connectivity index (χ3n) is 5.25. The van der Waals surface area contributed by atoms with Crippen LogP contribution in [0.15, 0.2) is 59.5 Å². The Labute approximate surface area is 182 Å². The van der Waals surface area contributed by atoms with Gasteiger partial charge >= 0.3 is 6.09 Å². The Kier molecular flexibility index (Phi) is 8.16. The molecule has 0 fully saturated rings. The molecular formula is C22H29FN2O5S. The zero-order valence-corrected chi connectivity index (χ0v) is 18.7. The van der Waals surface area contributed by atoms with E-state index in [-0.39, 0.29) is 35.3 Å². The number of hydroxylamine groups is 2. The maximum atomic E-state index is 13.7. The third kappa shape index (κ3) is 5.61. The Morgan fingerprint density at radius 3 is 2.16 bits per heavy atom. The molecule has 1 atom stereocenters. The summed E-state index contributed by atoms with van der Waals surface area (Å²) in [7, 11) is -4.28. The molecule has 0 radical (unpaired) electrons. The minimum Gasteiger partial charge on any atom is -0.463 e. The molecule has 2 aromatic rings. The lowest BCUT2D eigenvalue weighted by molar-refractivity contribution is -0.182. The standard InChI is InChI=1S/C22H29FN2O5S/c1-4-22(25(28)21(26)27,16-18-8-6-5-7-9-18)24(15-14-17(2)3)31(29,30)20-12-10-19(23)11-13-20/h5-13,17,28H,4,14-16H2,1-3H3,(H,26,27). The van der Waals surface area contributed by atoms with E-state index in [4.69, 9.17) is 0 Å². The van der Waals surface area contributed by atoms with Crippen molar-refractivity contribution >= 4 is 16.1 Å². The second kappa shape index (κ2) is 10.2. The first kappa shape index (κ1) is 24.8. The van der Waals surface area contributed by atoms with Gasteiger partial charge < -0.3 is 5.11 Å². The van der Waals surface area contributed by atoms with E-state index >= 15 is 0 Å². The van der Waals surface area contributed by atoms with E-state index in [0.717, 1.165) is 28.6 Å². The maximum Gasteiger partial charge on any atom is 0.433 e. The zero-order valence-electron chi connectivity index (χ0n) is 17.9. The quantitative estimate of drug-likeness (QED) is 0.312. The summed E-state index contributed by atoms with van der Waals surface area (Å²) in [4.78, 5) is 11.7. The smallest absolute Gasteiger partial charge is 0.433 e. The number of halogens is 1. The van der Waals surface area contributed by atoms with Gasteiger partial charge in [0.05, 0.1) is 4.90 Å². The molecule has 31 heavy (non-hydrogen) atoms. The molecule has 7 nitrogen and oxygen atoms in total.